The van der Waals surface area contributed by atoms with Gasteiger partial charge in [-0.15, -0.1) is 0 Å². The van der Waals surface area contributed by atoms with Crippen molar-refractivity contribution in [2.45, 2.75) is 9.79 Å². The first-order valence-corrected chi connectivity index (χ1v) is 12.6. The number of rotatable bonds is 8. The van der Waals surface area contributed by atoms with Crippen molar-refractivity contribution in [1.29, 1.82) is 0 Å². The van der Waals surface area contributed by atoms with Crippen LogP contribution in [0.2, 0.25) is 0 Å². The van der Waals surface area contributed by atoms with Gasteiger partial charge in [0.1, 0.15) is 11.5 Å². The van der Waals surface area contributed by atoms with Gasteiger partial charge in [-0.3, -0.25) is 9.59 Å². The van der Waals surface area contributed by atoms with Gasteiger partial charge in [0.2, 0.25) is 9.84 Å². The van der Waals surface area contributed by atoms with Gasteiger partial charge in [-0.2, -0.15) is 0 Å². The summed E-state index contributed by atoms with van der Waals surface area (Å²) in [6, 6.07) is 25.1. The molecule has 8 nitrogen and oxygen atoms in total. The van der Waals surface area contributed by atoms with Crippen molar-refractivity contribution in [2.24, 2.45) is 0 Å². The average molecular weight is 517 g/mol. The number of amides is 2. The first-order valence-electron chi connectivity index (χ1n) is 11.2. The molecule has 4 aromatic carbocycles. The molecule has 2 amide bonds. The third kappa shape index (κ3) is 5.96. The molecule has 0 aromatic heterocycles. The van der Waals surface area contributed by atoms with Gasteiger partial charge < -0.3 is 20.1 Å². The number of carbonyl (C=O) groups is 2. The van der Waals surface area contributed by atoms with Crippen LogP contribution in [0.4, 0.5) is 11.4 Å². The van der Waals surface area contributed by atoms with Crippen molar-refractivity contribution in [3.63, 3.8) is 0 Å². The van der Waals surface area contributed by atoms with E-state index in [0.29, 0.717) is 34.0 Å². The van der Waals surface area contributed by atoms with Crippen LogP contribution in [0, 0.1) is 0 Å². The lowest BCUT2D eigenvalue weighted by atomic mass is 10.2. The molecule has 9 heteroatoms. The third-order valence-corrected chi connectivity index (χ3v) is 7.26. The van der Waals surface area contributed by atoms with Gasteiger partial charge in [-0.25, -0.2) is 8.42 Å². The van der Waals surface area contributed by atoms with Crippen LogP contribution in [0.3, 0.4) is 0 Å². The molecule has 0 spiro atoms. The monoisotopic (exact) mass is 516 g/mol. The van der Waals surface area contributed by atoms with Crippen LogP contribution >= 0.6 is 0 Å². The van der Waals surface area contributed by atoms with Gasteiger partial charge in [0.15, 0.2) is 0 Å². The molecule has 2 N–H and O–H groups in total. The normalized spacial score (nSPS) is 10.9. The van der Waals surface area contributed by atoms with E-state index in [-0.39, 0.29) is 21.6 Å². The van der Waals surface area contributed by atoms with Crippen LogP contribution in [0.15, 0.2) is 107 Å². The molecule has 188 valence electrons. The minimum absolute atomic E-state index is 0.00124. The number of hydrogen-bond acceptors (Lipinski definition) is 6. The van der Waals surface area contributed by atoms with Crippen LogP contribution in [0.1, 0.15) is 20.7 Å². The lowest BCUT2D eigenvalue weighted by Crippen LogP contribution is -2.13. The van der Waals surface area contributed by atoms with Crippen LogP contribution < -0.4 is 20.1 Å². The number of ether oxygens (including phenoxy) is 2. The minimum Gasteiger partial charge on any atom is -0.497 e. The Labute approximate surface area is 214 Å². The smallest absolute Gasteiger partial charge is 0.255 e. The van der Waals surface area contributed by atoms with Crippen LogP contribution in [-0.4, -0.2) is 34.5 Å². The van der Waals surface area contributed by atoms with Gasteiger partial charge in [-0.05, 0) is 84.9 Å². The highest BCUT2D eigenvalue weighted by molar-refractivity contribution is 7.91. The van der Waals surface area contributed by atoms with E-state index < -0.39 is 9.84 Å². The maximum atomic E-state index is 13.3. The fraction of sp³-hybridized carbons (Fsp3) is 0.0714. The van der Waals surface area contributed by atoms with E-state index >= 15 is 0 Å². The molecule has 0 radical (unpaired) electrons. The fourth-order valence-electron chi connectivity index (χ4n) is 3.51. The number of carbonyl (C=O) groups excluding carboxylic acids is 2. The summed E-state index contributed by atoms with van der Waals surface area (Å²) >= 11 is 0. The highest BCUT2D eigenvalue weighted by atomic mass is 32.2. The van der Waals surface area contributed by atoms with Crippen molar-refractivity contribution in [3.8, 4) is 11.5 Å². The van der Waals surface area contributed by atoms with E-state index in [9.17, 15) is 18.0 Å². The Morgan fingerprint density at radius 1 is 0.595 bits per heavy atom. The van der Waals surface area contributed by atoms with Crippen molar-refractivity contribution in [1.82, 2.24) is 0 Å². The summed E-state index contributed by atoms with van der Waals surface area (Å²) in [5.74, 6) is 0.458. The number of anilines is 2. The second-order valence-corrected chi connectivity index (χ2v) is 9.87. The van der Waals surface area contributed by atoms with Gasteiger partial charge in [0, 0.05) is 22.5 Å². The average Bonchev–Trinajstić information content (AvgIpc) is 2.93. The lowest BCUT2D eigenvalue weighted by molar-refractivity contribution is 0.101. The van der Waals surface area contributed by atoms with Crippen molar-refractivity contribution in [3.05, 3.63) is 108 Å². The maximum absolute atomic E-state index is 13.3. The van der Waals surface area contributed by atoms with E-state index in [1.807, 2.05) is 0 Å². The summed E-state index contributed by atoms with van der Waals surface area (Å²) in [5.41, 5.74) is 1.44. The molecule has 4 aromatic rings. The summed E-state index contributed by atoms with van der Waals surface area (Å²) in [6.45, 7) is 0. The highest BCUT2D eigenvalue weighted by Gasteiger charge is 2.19. The number of benzene rings is 4. The Bertz CT molecular complexity index is 1420. The quantitative estimate of drug-likeness (QED) is 0.339. The first kappa shape index (κ1) is 25.5. The number of hydrogen-bond donors (Lipinski definition) is 2. The number of methoxy groups -OCH3 is 2. The fourth-order valence-corrected chi connectivity index (χ4v) is 4.86. The van der Waals surface area contributed by atoms with Crippen molar-refractivity contribution < 1.29 is 27.5 Å². The van der Waals surface area contributed by atoms with E-state index in [0.717, 1.165) is 0 Å². The molecule has 0 aliphatic rings. The second kappa shape index (κ2) is 11.0. The standard InChI is InChI=1S/C28H24N2O6S/c1-35-23-13-9-19(10-14-23)27(31)29-21-5-3-7-25(17-21)37(33,34)26-8-4-6-22(18-26)30-28(32)20-11-15-24(36-2)16-12-20/h3-18H,1-2H3,(H,29,31)(H,30,32). The topological polar surface area (TPSA) is 111 Å². The zero-order valence-electron chi connectivity index (χ0n) is 20.1. The Hall–Kier alpha value is -4.63. The first-order chi connectivity index (χ1) is 17.8. The van der Waals surface area contributed by atoms with Crippen LogP contribution in [0.5, 0.6) is 11.5 Å². The summed E-state index contributed by atoms with van der Waals surface area (Å²) in [4.78, 5) is 25.2. The molecule has 0 bridgehead atoms. The van der Waals surface area contributed by atoms with Gasteiger partial charge in [0.25, 0.3) is 11.8 Å². The van der Waals surface area contributed by atoms with Gasteiger partial charge in [0.05, 0.1) is 24.0 Å². The number of sulfone groups is 1. The Kier molecular flexibility index (Phi) is 7.55. The van der Waals surface area contributed by atoms with Gasteiger partial charge in [-0.1, -0.05) is 12.1 Å². The molecule has 0 saturated heterocycles. The van der Waals surface area contributed by atoms with E-state index in [1.54, 1.807) is 72.8 Å². The summed E-state index contributed by atoms with van der Waals surface area (Å²) < 4.78 is 36.9. The Morgan fingerprint density at radius 3 is 1.32 bits per heavy atom. The molecular weight excluding hydrogens is 492 g/mol. The molecule has 0 saturated carbocycles. The molecule has 0 atom stereocenters. The lowest BCUT2D eigenvalue weighted by Gasteiger charge is -2.11. The molecule has 0 unspecified atom stereocenters. The summed E-state index contributed by atoms with van der Waals surface area (Å²) in [5, 5.41) is 5.43. The van der Waals surface area contributed by atoms with Crippen LogP contribution in [-0.2, 0) is 9.84 Å². The van der Waals surface area contributed by atoms with Crippen molar-refractivity contribution in [2.75, 3.05) is 24.9 Å². The molecule has 0 fully saturated rings. The zero-order chi connectivity index (χ0) is 26.4. The highest BCUT2D eigenvalue weighted by Crippen LogP contribution is 2.26. The predicted molar refractivity (Wildman–Crippen MR) is 140 cm³/mol. The third-order valence-electron chi connectivity index (χ3n) is 5.51. The molecule has 0 aliphatic carbocycles. The maximum Gasteiger partial charge on any atom is 0.255 e. The molecular formula is C28H24N2O6S. The number of nitrogens with one attached hydrogen (secondary N) is 2. The van der Waals surface area contributed by atoms with Gasteiger partial charge >= 0.3 is 0 Å². The largest absolute Gasteiger partial charge is 0.497 e. The van der Waals surface area contributed by atoms with E-state index in [2.05, 4.69) is 10.6 Å². The Balaban J connectivity index is 1.52. The van der Waals surface area contributed by atoms with Crippen LogP contribution in [0.25, 0.3) is 0 Å². The zero-order valence-corrected chi connectivity index (χ0v) is 20.9. The van der Waals surface area contributed by atoms with E-state index in [1.165, 1.54) is 38.5 Å². The van der Waals surface area contributed by atoms with Crippen molar-refractivity contribution >= 4 is 33.0 Å². The summed E-state index contributed by atoms with van der Waals surface area (Å²) in [7, 11) is -0.872. The molecule has 0 heterocycles. The Morgan fingerprint density at radius 2 is 0.973 bits per heavy atom. The van der Waals surface area contributed by atoms with E-state index in [4.69, 9.17) is 9.47 Å². The predicted octanol–water partition coefficient (Wildman–Crippen LogP) is 5.04. The molecule has 37 heavy (non-hydrogen) atoms. The minimum atomic E-state index is -3.94. The summed E-state index contributed by atoms with van der Waals surface area (Å²) in [6.07, 6.45) is 0. The molecule has 0 aliphatic heterocycles. The SMILES string of the molecule is COc1ccc(C(=O)Nc2cccc(S(=O)(=O)c3cccc(NC(=O)c4ccc(OC)cc4)c3)c2)cc1. The molecule has 4 rings (SSSR count). The second-order valence-electron chi connectivity index (χ2n) is 7.92.